The standard InChI is InChI=1S/C68H54N2S/c1-47-43-59(48-23-11-5-12-24-48)67(60(44-47)49-25-13-6-14-26-49)69(54-31-19-9-20-32-54)63-41-37-52-36-40-58-64(42-38-53-35-39-57(63)65(52)66(53)58)70(55-33-21-10-22-34-55)68-61(50-27-15-7-16-28-50)45-56(71(2,3)4)46-62(68)51-29-17-8-18-30-51/h5-46H,1-4H3. The minimum Gasteiger partial charge on any atom is -0.309 e. The van der Waals surface area contributed by atoms with E-state index in [-0.39, 0.29) is 0 Å². The number of hydrogen-bond donors (Lipinski definition) is 0. The van der Waals surface area contributed by atoms with Crippen LogP contribution in [-0.4, -0.2) is 18.8 Å². The molecule has 0 saturated carbocycles. The average molecular weight is 931 g/mol. The van der Waals surface area contributed by atoms with E-state index < -0.39 is 10.0 Å². The third-order valence-corrected chi connectivity index (χ3v) is 15.6. The number of rotatable bonds is 11. The quantitative estimate of drug-likeness (QED) is 0.119. The third kappa shape index (κ3) is 7.99. The van der Waals surface area contributed by atoms with Crippen molar-refractivity contribution in [2.45, 2.75) is 11.8 Å². The lowest BCUT2D eigenvalue weighted by Crippen LogP contribution is -2.14. The van der Waals surface area contributed by atoms with Crippen LogP contribution >= 0.6 is 10.0 Å². The Bertz CT molecular complexity index is 3710. The van der Waals surface area contributed by atoms with E-state index in [1.54, 1.807) is 0 Å². The van der Waals surface area contributed by atoms with Crippen LogP contribution in [0.4, 0.5) is 34.1 Å². The van der Waals surface area contributed by atoms with Crippen LogP contribution in [0.2, 0.25) is 0 Å². The van der Waals surface area contributed by atoms with Gasteiger partial charge in [-0.25, -0.2) is 10.0 Å². The highest BCUT2D eigenvalue weighted by Gasteiger charge is 2.29. The SMILES string of the molecule is Cc1cc(-c2ccccc2)c(N(c2ccccc2)c2ccc3ccc4c(N(c5ccccc5)c5c(-c6ccccc6)cc(S(C)(C)C)cc5-c5ccccc5)ccc5ccc2c3c54)c(-c2ccccc2)c1. The molecule has 0 spiro atoms. The lowest BCUT2D eigenvalue weighted by Gasteiger charge is -2.34. The number of aryl methyl sites for hydroxylation is 1. The van der Waals surface area contributed by atoms with Gasteiger partial charge in [0.15, 0.2) is 0 Å². The van der Waals surface area contributed by atoms with Crippen molar-refractivity contribution in [2.24, 2.45) is 0 Å². The van der Waals surface area contributed by atoms with Gasteiger partial charge in [0.25, 0.3) is 0 Å². The smallest absolute Gasteiger partial charge is 0.0619 e. The maximum Gasteiger partial charge on any atom is 0.0619 e. The lowest BCUT2D eigenvalue weighted by atomic mass is 9.89. The molecule has 0 N–H and O–H groups in total. The Kier molecular flexibility index (Phi) is 11.2. The number of benzene rings is 12. The third-order valence-electron chi connectivity index (χ3n) is 14.0. The minimum absolute atomic E-state index is 1.10. The van der Waals surface area contributed by atoms with Crippen molar-refractivity contribution < 1.29 is 0 Å². The van der Waals surface area contributed by atoms with Gasteiger partial charge >= 0.3 is 0 Å². The van der Waals surface area contributed by atoms with Crippen molar-refractivity contribution in [1.29, 1.82) is 0 Å². The van der Waals surface area contributed by atoms with Gasteiger partial charge in [-0.2, -0.15) is 0 Å². The van der Waals surface area contributed by atoms with Crippen LogP contribution in [0.25, 0.3) is 76.8 Å². The van der Waals surface area contributed by atoms with E-state index in [4.69, 9.17) is 0 Å². The molecule has 342 valence electrons. The molecule has 0 aromatic heterocycles. The molecule has 71 heavy (non-hydrogen) atoms. The largest absolute Gasteiger partial charge is 0.309 e. The summed E-state index contributed by atoms with van der Waals surface area (Å²) in [5.74, 6) is 0. The highest BCUT2D eigenvalue weighted by molar-refractivity contribution is 8.32. The van der Waals surface area contributed by atoms with E-state index in [0.717, 1.165) is 34.1 Å². The molecule has 0 radical (unpaired) electrons. The molecule has 0 unspecified atom stereocenters. The number of para-hydroxylation sites is 2. The molecule has 0 aliphatic carbocycles. The van der Waals surface area contributed by atoms with E-state index >= 15 is 0 Å². The fourth-order valence-corrected chi connectivity index (χ4v) is 11.6. The maximum atomic E-state index is 2.54. The van der Waals surface area contributed by atoms with Gasteiger partial charge < -0.3 is 9.80 Å². The second-order valence-electron chi connectivity index (χ2n) is 19.3. The number of hydrogen-bond acceptors (Lipinski definition) is 2. The minimum atomic E-state index is -1.12. The second-order valence-corrected chi connectivity index (χ2v) is 23.5. The lowest BCUT2D eigenvalue weighted by molar-refractivity contribution is 1.28. The Morgan fingerprint density at radius 1 is 0.310 bits per heavy atom. The molecular formula is C68H54N2S. The van der Waals surface area contributed by atoms with Crippen molar-refractivity contribution in [3.63, 3.8) is 0 Å². The molecular weight excluding hydrogens is 877 g/mol. The van der Waals surface area contributed by atoms with Gasteiger partial charge in [0.1, 0.15) is 0 Å². The van der Waals surface area contributed by atoms with E-state index in [1.807, 2.05) is 0 Å². The van der Waals surface area contributed by atoms with E-state index in [9.17, 15) is 0 Å². The van der Waals surface area contributed by atoms with Crippen molar-refractivity contribution in [1.82, 2.24) is 0 Å². The summed E-state index contributed by atoms with van der Waals surface area (Å²) < 4.78 is 0. The molecule has 0 aliphatic heterocycles. The van der Waals surface area contributed by atoms with E-state index in [2.05, 4.69) is 290 Å². The molecule has 0 saturated heterocycles. The molecule has 0 heterocycles. The predicted octanol–water partition coefficient (Wildman–Crippen LogP) is 19.6. The topological polar surface area (TPSA) is 6.48 Å². The van der Waals surface area contributed by atoms with E-state index in [0.29, 0.717) is 0 Å². The summed E-state index contributed by atoms with van der Waals surface area (Å²) in [5, 5.41) is 7.31. The van der Waals surface area contributed by atoms with Gasteiger partial charge in [-0.05, 0) is 141 Å². The fraction of sp³-hybridized carbons (Fsp3) is 0.0588. The predicted molar refractivity (Wildman–Crippen MR) is 310 cm³/mol. The normalized spacial score (nSPS) is 11.9. The summed E-state index contributed by atoms with van der Waals surface area (Å²) in [6, 6.07) is 94.1. The van der Waals surface area contributed by atoms with Gasteiger partial charge in [-0.15, -0.1) is 0 Å². The zero-order chi connectivity index (χ0) is 48.1. The second kappa shape index (κ2) is 18.2. The average Bonchev–Trinajstić information content (AvgIpc) is 3.42. The zero-order valence-corrected chi connectivity index (χ0v) is 41.4. The van der Waals surface area contributed by atoms with Gasteiger partial charge in [0, 0.05) is 44.4 Å². The summed E-state index contributed by atoms with van der Waals surface area (Å²) in [4.78, 5) is 6.43. The van der Waals surface area contributed by atoms with Crippen LogP contribution < -0.4 is 9.80 Å². The Hall–Kier alpha value is -8.37. The van der Waals surface area contributed by atoms with Crippen molar-refractivity contribution in [3.05, 3.63) is 260 Å². The van der Waals surface area contributed by atoms with Crippen molar-refractivity contribution >= 4 is 76.5 Å². The fourth-order valence-electron chi connectivity index (χ4n) is 10.7. The number of anilines is 6. The van der Waals surface area contributed by atoms with Gasteiger partial charge in [0.2, 0.25) is 0 Å². The molecule has 0 amide bonds. The molecule has 0 bridgehead atoms. The van der Waals surface area contributed by atoms with Crippen LogP contribution in [0.5, 0.6) is 0 Å². The molecule has 12 aromatic rings. The summed E-state index contributed by atoms with van der Waals surface area (Å²) in [6.45, 7) is 2.22. The van der Waals surface area contributed by atoms with Gasteiger partial charge in [-0.1, -0.05) is 194 Å². The van der Waals surface area contributed by atoms with Crippen LogP contribution in [0.3, 0.4) is 0 Å². The summed E-state index contributed by atoms with van der Waals surface area (Å²) >= 11 is 0. The molecule has 12 rings (SSSR count). The highest BCUT2D eigenvalue weighted by atomic mass is 32.3. The maximum absolute atomic E-state index is 2.54. The molecule has 2 nitrogen and oxygen atoms in total. The van der Waals surface area contributed by atoms with E-state index in [1.165, 1.54) is 87.3 Å². The van der Waals surface area contributed by atoms with Gasteiger partial charge in [-0.3, -0.25) is 0 Å². The molecule has 0 fully saturated rings. The summed E-state index contributed by atoms with van der Waals surface area (Å²) in [6.07, 6.45) is 7.20. The first-order chi connectivity index (χ1) is 34.8. The monoisotopic (exact) mass is 930 g/mol. The first kappa shape index (κ1) is 43.9. The number of nitrogens with zero attached hydrogens (tertiary/aromatic N) is 2. The van der Waals surface area contributed by atoms with Crippen LogP contribution in [0.1, 0.15) is 5.56 Å². The Morgan fingerprint density at radius 2 is 0.606 bits per heavy atom. The zero-order valence-electron chi connectivity index (χ0n) is 40.6. The molecule has 0 atom stereocenters. The highest BCUT2D eigenvalue weighted by Crippen LogP contribution is 2.56. The molecule has 3 heteroatoms. The summed E-state index contributed by atoms with van der Waals surface area (Å²) in [7, 11) is -1.12. The molecule has 0 aliphatic rings. The Labute approximate surface area is 419 Å². The molecule has 12 aromatic carbocycles. The Morgan fingerprint density at radius 3 is 0.930 bits per heavy atom. The van der Waals surface area contributed by atoms with Crippen LogP contribution in [0.15, 0.2) is 260 Å². The first-order valence-corrected chi connectivity index (χ1v) is 27.3. The van der Waals surface area contributed by atoms with Crippen LogP contribution in [-0.2, 0) is 0 Å². The van der Waals surface area contributed by atoms with Crippen LogP contribution in [0, 0.1) is 6.92 Å². The van der Waals surface area contributed by atoms with Crippen molar-refractivity contribution in [2.75, 3.05) is 28.6 Å². The Balaban J connectivity index is 1.17. The first-order valence-electron chi connectivity index (χ1n) is 24.4. The summed E-state index contributed by atoms with van der Waals surface area (Å²) in [5.41, 5.74) is 17.5. The van der Waals surface area contributed by atoms with Crippen molar-refractivity contribution in [3.8, 4) is 44.5 Å². The van der Waals surface area contributed by atoms with Gasteiger partial charge in [0.05, 0.1) is 22.7 Å².